The number of nitrogens with two attached hydrogens (primary N) is 1. The Balaban J connectivity index is 5.00. The summed E-state index contributed by atoms with van der Waals surface area (Å²) in [5, 5.41) is 34.6. The molecule has 0 bridgehead atoms. The van der Waals surface area contributed by atoms with Crippen LogP contribution in [0.15, 0.2) is 0 Å². The molecular formula is C16H30N4O7. The van der Waals surface area contributed by atoms with Gasteiger partial charge in [-0.05, 0) is 26.7 Å². The van der Waals surface area contributed by atoms with E-state index in [-0.39, 0.29) is 5.92 Å². The summed E-state index contributed by atoms with van der Waals surface area (Å²) in [7, 11) is 0. The van der Waals surface area contributed by atoms with Gasteiger partial charge in [0.1, 0.15) is 18.1 Å². The first-order valence-corrected chi connectivity index (χ1v) is 8.55. The van der Waals surface area contributed by atoms with Crippen molar-refractivity contribution in [1.29, 1.82) is 0 Å². The number of carbonyl (C=O) groups excluding carboxylic acids is 3. The predicted molar refractivity (Wildman–Crippen MR) is 95.3 cm³/mol. The predicted octanol–water partition coefficient (Wildman–Crippen LogP) is -2.71. The van der Waals surface area contributed by atoms with Gasteiger partial charge in [-0.1, -0.05) is 13.8 Å². The van der Waals surface area contributed by atoms with Crippen LogP contribution in [0.5, 0.6) is 0 Å². The maximum atomic E-state index is 12.4. The molecule has 0 aliphatic carbocycles. The van der Waals surface area contributed by atoms with Crippen molar-refractivity contribution < 1.29 is 34.5 Å². The van der Waals surface area contributed by atoms with Gasteiger partial charge in [-0.15, -0.1) is 0 Å². The molecule has 0 fully saturated rings. The lowest BCUT2D eigenvalue weighted by atomic mass is 10.0. The van der Waals surface area contributed by atoms with Crippen LogP contribution in [-0.4, -0.2) is 75.4 Å². The Hall–Kier alpha value is -2.24. The average molecular weight is 390 g/mol. The number of aliphatic hydroxyl groups is 2. The standard InChI is InChI=1S/C16H30N4O7/c1-6(2)11(19-14(24)10(17)8(4)21)15(25)18-7(3)13(23)20-12(9(5)22)16(26)27/h6-12,21-22H,17H2,1-5H3,(H,18,25)(H,19,24)(H,20,23)(H,26,27). The average Bonchev–Trinajstić information content (AvgIpc) is 2.54. The van der Waals surface area contributed by atoms with Crippen molar-refractivity contribution in [3.05, 3.63) is 0 Å². The largest absolute Gasteiger partial charge is 0.480 e. The maximum Gasteiger partial charge on any atom is 0.328 e. The summed E-state index contributed by atoms with van der Waals surface area (Å²) >= 11 is 0. The normalized spacial score (nSPS) is 17.8. The number of nitrogens with one attached hydrogen (secondary N) is 3. The van der Waals surface area contributed by atoms with E-state index in [9.17, 15) is 29.4 Å². The van der Waals surface area contributed by atoms with Crippen molar-refractivity contribution in [2.75, 3.05) is 0 Å². The number of aliphatic carboxylic acids is 1. The fraction of sp³-hybridized carbons (Fsp3) is 0.750. The van der Waals surface area contributed by atoms with Crippen molar-refractivity contribution >= 4 is 23.7 Å². The zero-order chi connectivity index (χ0) is 21.5. The molecule has 156 valence electrons. The van der Waals surface area contributed by atoms with E-state index in [1.165, 1.54) is 20.8 Å². The molecule has 0 aliphatic rings. The van der Waals surface area contributed by atoms with Crippen LogP contribution >= 0.6 is 0 Å². The van der Waals surface area contributed by atoms with Gasteiger partial charge in [0.15, 0.2) is 6.04 Å². The first-order valence-electron chi connectivity index (χ1n) is 8.55. The lowest BCUT2D eigenvalue weighted by Crippen LogP contribution is -2.59. The summed E-state index contributed by atoms with van der Waals surface area (Å²) in [6, 6.07) is -4.89. The molecule has 0 radical (unpaired) electrons. The first kappa shape index (κ1) is 24.8. The third-order valence-electron chi connectivity index (χ3n) is 3.87. The van der Waals surface area contributed by atoms with Crippen LogP contribution in [0.3, 0.4) is 0 Å². The second-order valence-corrected chi connectivity index (χ2v) is 6.79. The second kappa shape index (κ2) is 10.8. The van der Waals surface area contributed by atoms with Gasteiger partial charge in [-0.3, -0.25) is 14.4 Å². The van der Waals surface area contributed by atoms with Crippen molar-refractivity contribution in [1.82, 2.24) is 16.0 Å². The van der Waals surface area contributed by atoms with Gasteiger partial charge in [0.2, 0.25) is 17.7 Å². The van der Waals surface area contributed by atoms with Crippen LogP contribution in [0.4, 0.5) is 0 Å². The van der Waals surface area contributed by atoms with Crippen LogP contribution in [0.1, 0.15) is 34.6 Å². The van der Waals surface area contributed by atoms with Gasteiger partial charge in [0.05, 0.1) is 12.2 Å². The summed E-state index contributed by atoms with van der Waals surface area (Å²) in [4.78, 5) is 47.5. The molecule has 0 aromatic heterocycles. The Labute approximate surface area is 157 Å². The molecule has 27 heavy (non-hydrogen) atoms. The minimum absolute atomic E-state index is 0.352. The summed E-state index contributed by atoms with van der Waals surface area (Å²) in [5.74, 6) is -3.99. The summed E-state index contributed by atoms with van der Waals surface area (Å²) in [6.45, 7) is 7.20. The van der Waals surface area contributed by atoms with Crippen LogP contribution in [0.2, 0.25) is 0 Å². The molecule has 0 saturated carbocycles. The van der Waals surface area contributed by atoms with Gasteiger partial charge in [0, 0.05) is 0 Å². The van der Waals surface area contributed by atoms with E-state index in [1.54, 1.807) is 13.8 Å². The van der Waals surface area contributed by atoms with Gasteiger partial charge in [-0.2, -0.15) is 0 Å². The van der Waals surface area contributed by atoms with E-state index in [2.05, 4.69) is 16.0 Å². The second-order valence-electron chi connectivity index (χ2n) is 6.79. The smallest absolute Gasteiger partial charge is 0.328 e. The number of aliphatic hydroxyl groups excluding tert-OH is 2. The van der Waals surface area contributed by atoms with E-state index >= 15 is 0 Å². The molecule has 3 amide bonds. The van der Waals surface area contributed by atoms with E-state index in [4.69, 9.17) is 10.8 Å². The lowest BCUT2D eigenvalue weighted by molar-refractivity contribution is -0.145. The number of amides is 3. The van der Waals surface area contributed by atoms with E-state index in [0.29, 0.717) is 0 Å². The van der Waals surface area contributed by atoms with Gasteiger partial charge >= 0.3 is 5.97 Å². The lowest BCUT2D eigenvalue weighted by Gasteiger charge is -2.26. The number of carbonyl (C=O) groups is 4. The molecule has 0 saturated heterocycles. The summed E-state index contributed by atoms with van der Waals surface area (Å²) in [6.07, 6.45) is -2.45. The minimum atomic E-state index is -1.53. The van der Waals surface area contributed by atoms with Crippen molar-refractivity contribution in [3.63, 3.8) is 0 Å². The van der Waals surface area contributed by atoms with E-state index in [0.717, 1.165) is 0 Å². The third-order valence-corrected chi connectivity index (χ3v) is 3.87. The topological polar surface area (TPSA) is 191 Å². The Bertz CT molecular complexity index is 551. The van der Waals surface area contributed by atoms with Crippen molar-refractivity contribution in [2.45, 2.75) is 71.0 Å². The molecule has 0 spiro atoms. The molecule has 0 aliphatic heterocycles. The van der Waals surface area contributed by atoms with Crippen LogP contribution in [0.25, 0.3) is 0 Å². The summed E-state index contributed by atoms with van der Waals surface area (Å²) < 4.78 is 0. The molecule has 0 rings (SSSR count). The van der Waals surface area contributed by atoms with E-state index < -0.39 is 60.1 Å². The minimum Gasteiger partial charge on any atom is -0.480 e. The maximum absolute atomic E-state index is 12.4. The molecular weight excluding hydrogens is 360 g/mol. The monoisotopic (exact) mass is 390 g/mol. The first-order chi connectivity index (χ1) is 12.3. The fourth-order valence-corrected chi connectivity index (χ4v) is 2.04. The van der Waals surface area contributed by atoms with Crippen LogP contribution in [-0.2, 0) is 19.2 Å². The third kappa shape index (κ3) is 7.89. The quantitative estimate of drug-likeness (QED) is 0.209. The molecule has 0 heterocycles. The molecule has 6 unspecified atom stereocenters. The molecule has 8 N–H and O–H groups in total. The molecule has 0 aromatic rings. The van der Waals surface area contributed by atoms with Crippen molar-refractivity contribution in [3.8, 4) is 0 Å². The Kier molecular flexibility index (Phi) is 9.90. The summed E-state index contributed by atoms with van der Waals surface area (Å²) in [5.41, 5.74) is 5.53. The van der Waals surface area contributed by atoms with Crippen LogP contribution < -0.4 is 21.7 Å². The van der Waals surface area contributed by atoms with Gasteiger partial charge in [0.25, 0.3) is 0 Å². The zero-order valence-corrected chi connectivity index (χ0v) is 16.1. The van der Waals surface area contributed by atoms with Crippen LogP contribution in [0, 0.1) is 5.92 Å². The van der Waals surface area contributed by atoms with Gasteiger partial charge < -0.3 is 37.0 Å². The number of carboxylic acids is 1. The Morgan fingerprint density at radius 3 is 1.59 bits per heavy atom. The molecule has 11 nitrogen and oxygen atoms in total. The number of carboxylic acid groups (broad SMARTS) is 1. The molecule has 11 heteroatoms. The Morgan fingerprint density at radius 1 is 0.741 bits per heavy atom. The van der Waals surface area contributed by atoms with Gasteiger partial charge in [-0.25, -0.2) is 4.79 Å². The Morgan fingerprint density at radius 2 is 1.22 bits per heavy atom. The number of hydrogen-bond donors (Lipinski definition) is 7. The van der Waals surface area contributed by atoms with Crippen molar-refractivity contribution in [2.24, 2.45) is 11.7 Å². The SMILES string of the molecule is CC(NC(=O)C(NC(=O)C(N)C(C)O)C(C)C)C(=O)NC(C(=O)O)C(C)O. The molecule has 6 atom stereocenters. The highest BCUT2D eigenvalue weighted by Gasteiger charge is 2.31. The van der Waals surface area contributed by atoms with E-state index in [1.807, 2.05) is 0 Å². The number of hydrogen-bond acceptors (Lipinski definition) is 7. The number of rotatable bonds is 10. The highest BCUT2D eigenvalue weighted by molar-refractivity contribution is 5.94. The highest BCUT2D eigenvalue weighted by Crippen LogP contribution is 2.04. The highest BCUT2D eigenvalue weighted by atomic mass is 16.4. The fourth-order valence-electron chi connectivity index (χ4n) is 2.04. The zero-order valence-electron chi connectivity index (χ0n) is 16.1. The molecule has 0 aromatic carbocycles.